The molecule has 0 radical (unpaired) electrons. The van der Waals surface area contributed by atoms with E-state index in [-0.39, 0.29) is 0 Å². The Labute approximate surface area is 111 Å². The first-order valence-corrected chi connectivity index (χ1v) is 7.21. The van der Waals surface area contributed by atoms with Gasteiger partial charge < -0.3 is 10.4 Å². The summed E-state index contributed by atoms with van der Waals surface area (Å²) in [5.74, 6) is 1.42. The van der Waals surface area contributed by atoms with Gasteiger partial charge in [-0.3, -0.25) is 4.40 Å². The smallest absolute Gasteiger partial charge is 0.233 e. The number of fused-ring (bicyclic) bond motifs is 1. The second-order valence-corrected chi connectivity index (χ2v) is 5.44. The molecule has 0 spiro atoms. The number of imidazole rings is 1. The zero-order chi connectivity index (χ0) is 13.0. The third kappa shape index (κ3) is 3.22. The molecule has 2 rings (SSSR count). The molecule has 0 aliphatic heterocycles. The number of aromatic nitrogens is 3. The average Bonchev–Trinajstić information content (AvgIpc) is 2.73. The first kappa shape index (κ1) is 13.3. The van der Waals surface area contributed by atoms with Gasteiger partial charge in [0.05, 0.1) is 17.5 Å². The van der Waals surface area contributed by atoms with E-state index < -0.39 is 5.60 Å². The first-order chi connectivity index (χ1) is 8.62. The molecule has 2 aromatic heterocycles. The molecule has 0 bridgehead atoms. The Kier molecular flexibility index (Phi) is 4.21. The summed E-state index contributed by atoms with van der Waals surface area (Å²) in [4.78, 5) is 8.37. The highest BCUT2D eigenvalue weighted by molar-refractivity contribution is 7.98. The lowest BCUT2D eigenvalue weighted by Crippen LogP contribution is -2.39. The van der Waals surface area contributed by atoms with Crippen LogP contribution in [-0.4, -0.2) is 43.6 Å². The molecule has 0 aliphatic carbocycles. The van der Waals surface area contributed by atoms with Gasteiger partial charge >= 0.3 is 0 Å². The average molecular weight is 266 g/mol. The Bertz CT molecular complexity index is 512. The second-order valence-electron chi connectivity index (χ2n) is 4.57. The molecule has 0 fully saturated rings. The van der Waals surface area contributed by atoms with Crippen LogP contribution in [-0.2, 0) is 6.54 Å². The molecule has 0 saturated carbocycles. The predicted molar refractivity (Wildman–Crippen MR) is 73.7 cm³/mol. The van der Waals surface area contributed by atoms with Gasteiger partial charge in [-0.2, -0.15) is 11.8 Å². The number of nitrogens with zero attached hydrogens (tertiary/aromatic N) is 3. The molecule has 6 heteroatoms. The standard InChI is InChI=1S/C12H18N4OS/c1-12(17,9-18-2)8-13-6-10-7-15-11-14-4-3-5-16(10)11/h3-5,7,13,17H,6,8-9H2,1-2H3. The van der Waals surface area contributed by atoms with Gasteiger partial charge in [-0.05, 0) is 19.2 Å². The van der Waals surface area contributed by atoms with Gasteiger partial charge in [0, 0.05) is 31.2 Å². The Morgan fingerprint density at radius 3 is 3.11 bits per heavy atom. The number of thioether (sulfide) groups is 1. The van der Waals surface area contributed by atoms with E-state index in [0.29, 0.717) is 24.6 Å². The fourth-order valence-corrected chi connectivity index (χ4v) is 2.55. The van der Waals surface area contributed by atoms with Crippen LogP contribution in [0.2, 0.25) is 0 Å². The van der Waals surface area contributed by atoms with Gasteiger partial charge in [0.15, 0.2) is 0 Å². The topological polar surface area (TPSA) is 62.5 Å². The number of hydrogen-bond donors (Lipinski definition) is 2. The largest absolute Gasteiger partial charge is 0.388 e. The Hall–Kier alpha value is -1.11. The van der Waals surface area contributed by atoms with Crippen molar-refractivity contribution in [1.82, 2.24) is 19.7 Å². The molecular weight excluding hydrogens is 248 g/mol. The monoisotopic (exact) mass is 266 g/mol. The maximum atomic E-state index is 10.0. The lowest BCUT2D eigenvalue weighted by atomic mass is 10.1. The molecule has 2 N–H and O–H groups in total. The molecular formula is C12H18N4OS. The van der Waals surface area contributed by atoms with Crippen LogP contribution < -0.4 is 5.32 Å². The summed E-state index contributed by atoms with van der Waals surface area (Å²) in [6, 6.07) is 1.88. The maximum Gasteiger partial charge on any atom is 0.233 e. The quantitative estimate of drug-likeness (QED) is 0.814. The normalized spacial score (nSPS) is 14.8. The van der Waals surface area contributed by atoms with Crippen LogP contribution in [0.1, 0.15) is 12.6 Å². The van der Waals surface area contributed by atoms with Crippen molar-refractivity contribution in [3.05, 3.63) is 30.4 Å². The molecule has 0 amide bonds. The fraction of sp³-hybridized carbons (Fsp3) is 0.500. The molecule has 1 unspecified atom stereocenters. The fourth-order valence-electron chi connectivity index (χ4n) is 1.83. The van der Waals surface area contributed by atoms with Crippen molar-refractivity contribution in [3.63, 3.8) is 0 Å². The Morgan fingerprint density at radius 2 is 2.33 bits per heavy atom. The van der Waals surface area contributed by atoms with Gasteiger partial charge in [-0.25, -0.2) is 9.97 Å². The van der Waals surface area contributed by atoms with Crippen LogP contribution in [0.15, 0.2) is 24.7 Å². The Morgan fingerprint density at radius 1 is 1.50 bits per heavy atom. The van der Waals surface area contributed by atoms with Crippen molar-refractivity contribution >= 4 is 17.5 Å². The summed E-state index contributed by atoms with van der Waals surface area (Å²) < 4.78 is 1.94. The van der Waals surface area contributed by atoms with Crippen molar-refractivity contribution in [2.45, 2.75) is 19.1 Å². The van der Waals surface area contributed by atoms with E-state index in [9.17, 15) is 5.11 Å². The molecule has 0 aliphatic rings. The summed E-state index contributed by atoms with van der Waals surface area (Å²) in [7, 11) is 0. The summed E-state index contributed by atoms with van der Waals surface area (Å²) in [6.07, 6.45) is 7.46. The molecule has 18 heavy (non-hydrogen) atoms. The number of hydrogen-bond acceptors (Lipinski definition) is 5. The molecule has 2 aromatic rings. The van der Waals surface area contributed by atoms with Crippen LogP contribution in [0.5, 0.6) is 0 Å². The summed E-state index contributed by atoms with van der Waals surface area (Å²) >= 11 is 1.64. The highest BCUT2D eigenvalue weighted by Crippen LogP contribution is 2.09. The van der Waals surface area contributed by atoms with E-state index in [2.05, 4.69) is 15.3 Å². The van der Waals surface area contributed by atoms with Crippen LogP contribution in [0.25, 0.3) is 5.78 Å². The SMILES string of the molecule is CSCC(C)(O)CNCc1cnc2ncccn12. The van der Waals surface area contributed by atoms with E-state index >= 15 is 0 Å². The van der Waals surface area contributed by atoms with E-state index in [0.717, 1.165) is 5.69 Å². The molecule has 2 heterocycles. The minimum absolute atomic E-state index is 0.557. The van der Waals surface area contributed by atoms with Crippen molar-refractivity contribution in [2.24, 2.45) is 0 Å². The van der Waals surface area contributed by atoms with Crippen LogP contribution >= 0.6 is 11.8 Å². The van der Waals surface area contributed by atoms with Crippen LogP contribution in [0, 0.1) is 0 Å². The van der Waals surface area contributed by atoms with Crippen molar-refractivity contribution in [2.75, 3.05) is 18.6 Å². The number of rotatable bonds is 6. The van der Waals surface area contributed by atoms with Gasteiger partial charge in [-0.15, -0.1) is 0 Å². The maximum absolute atomic E-state index is 10.0. The lowest BCUT2D eigenvalue weighted by molar-refractivity contribution is 0.0845. The van der Waals surface area contributed by atoms with Crippen molar-refractivity contribution in [3.8, 4) is 0 Å². The Balaban J connectivity index is 1.94. The summed E-state index contributed by atoms with van der Waals surface area (Å²) in [5, 5.41) is 13.3. The predicted octanol–water partition coefficient (Wildman–Crippen LogP) is 0.933. The first-order valence-electron chi connectivity index (χ1n) is 5.81. The highest BCUT2D eigenvalue weighted by Gasteiger charge is 2.18. The third-order valence-electron chi connectivity index (χ3n) is 2.63. The molecule has 0 saturated heterocycles. The van der Waals surface area contributed by atoms with E-state index in [1.807, 2.05) is 29.8 Å². The highest BCUT2D eigenvalue weighted by atomic mass is 32.2. The number of aliphatic hydroxyl groups is 1. The number of nitrogens with one attached hydrogen (secondary N) is 1. The second kappa shape index (κ2) is 5.69. The van der Waals surface area contributed by atoms with E-state index in [1.165, 1.54) is 0 Å². The van der Waals surface area contributed by atoms with Gasteiger partial charge in [0.25, 0.3) is 0 Å². The molecule has 1 atom stereocenters. The van der Waals surface area contributed by atoms with Crippen LogP contribution in [0.3, 0.4) is 0 Å². The van der Waals surface area contributed by atoms with Gasteiger partial charge in [0.1, 0.15) is 0 Å². The molecule has 98 valence electrons. The molecule has 5 nitrogen and oxygen atoms in total. The van der Waals surface area contributed by atoms with E-state index in [4.69, 9.17) is 0 Å². The van der Waals surface area contributed by atoms with Crippen molar-refractivity contribution in [1.29, 1.82) is 0 Å². The molecule has 0 aromatic carbocycles. The lowest BCUT2D eigenvalue weighted by Gasteiger charge is -2.22. The van der Waals surface area contributed by atoms with E-state index in [1.54, 1.807) is 24.2 Å². The third-order valence-corrected chi connectivity index (χ3v) is 3.54. The summed E-state index contributed by atoms with van der Waals surface area (Å²) in [6.45, 7) is 3.06. The van der Waals surface area contributed by atoms with Gasteiger partial charge in [-0.1, -0.05) is 0 Å². The van der Waals surface area contributed by atoms with Crippen LogP contribution in [0.4, 0.5) is 0 Å². The minimum atomic E-state index is -0.682. The van der Waals surface area contributed by atoms with Gasteiger partial charge in [0.2, 0.25) is 5.78 Å². The minimum Gasteiger partial charge on any atom is -0.388 e. The zero-order valence-corrected chi connectivity index (χ0v) is 11.4. The zero-order valence-electron chi connectivity index (χ0n) is 10.6. The van der Waals surface area contributed by atoms with Crippen molar-refractivity contribution < 1.29 is 5.11 Å². The summed E-state index contributed by atoms with van der Waals surface area (Å²) in [5.41, 5.74) is 0.357.